The Morgan fingerprint density at radius 2 is 1.86 bits per heavy atom. The molecule has 1 aliphatic carbocycles. The number of amides is 3. The van der Waals surface area contributed by atoms with Crippen LogP contribution in [0, 0.1) is 11.8 Å². The lowest BCUT2D eigenvalue weighted by Crippen LogP contribution is -2.52. The van der Waals surface area contributed by atoms with E-state index in [9.17, 15) is 14.4 Å². The zero-order valence-corrected chi connectivity index (χ0v) is 22.4. The zero-order valence-electron chi connectivity index (χ0n) is 22.4. The average Bonchev–Trinajstić information content (AvgIpc) is 3.74. The summed E-state index contributed by atoms with van der Waals surface area (Å²) in [6, 6.07) is 4.93. The summed E-state index contributed by atoms with van der Waals surface area (Å²) in [5.41, 5.74) is 0.942. The molecule has 1 aromatic rings. The molecule has 1 aromatic carbocycles. The number of rotatable bonds is 5. The number of fused-ring (bicyclic) bond motifs is 1. The van der Waals surface area contributed by atoms with Crippen LogP contribution in [0.1, 0.15) is 37.0 Å². The predicted molar refractivity (Wildman–Crippen MR) is 139 cm³/mol. The Kier molecular flexibility index (Phi) is 9.04. The summed E-state index contributed by atoms with van der Waals surface area (Å²) >= 11 is 0. The summed E-state index contributed by atoms with van der Waals surface area (Å²) in [6.45, 7) is 8.16. The number of anilines is 1. The summed E-state index contributed by atoms with van der Waals surface area (Å²) in [6.07, 6.45) is 1.54. The van der Waals surface area contributed by atoms with Crippen LogP contribution in [0.3, 0.4) is 0 Å². The number of carbonyl (C=O) groups excluding carboxylic acids is 3. The van der Waals surface area contributed by atoms with Gasteiger partial charge in [-0.25, -0.2) is 0 Å². The zero-order chi connectivity index (χ0) is 26.5. The number of benzene rings is 1. The number of morpholine rings is 1. The first-order valence-electron chi connectivity index (χ1n) is 13.2. The molecule has 2 aliphatic heterocycles. The van der Waals surface area contributed by atoms with E-state index in [0.29, 0.717) is 49.8 Å². The van der Waals surface area contributed by atoms with Crippen molar-refractivity contribution in [2.45, 2.75) is 38.8 Å². The van der Waals surface area contributed by atoms with Crippen LogP contribution in [0.2, 0.25) is 0 Å². The molecule has 2 heterocycles. The predicted octanol–water partition coefficient (Wildman–Crippen LogP) is 1.70. The molecule has 0 radical (unpaired) electrons. The molecular weight excluding hydrogens is 476 g/mol. The van der Waals surface area contributed by atoms with Crippen molar-refractivity contribution in [3.05, 3.63) is 23.8 Å². The van der Waals surface area contributed by atoms with Crippen molar-refractivity contribution in [2.24, 2.45) is 11.8 Å². The fourth-order valence-corrected chi connectivity index (χ4v) is 4.83. The van der Waals surface area contributed by atoms with E-state index in [1.807, 2.05) is 18.7 Å². The fraction of sp³-hybridized carbons (Fsp3) is 0.667. The van der Waals surface area contributed by atoms with Crippen molar-refractivity contribution in [2.75, 3.05) is 72.0 Å². The maximum atomic E-state index is 13.5. The second-order valence-corrected chi connectivity index (χ2v) is 10.5. The molecule has 37 heavy (non-hydrogen) atoms. The fourth-order valence-electron chi connectivity index (χ4n) is 4.83. The molecule has 204 valence electrons. The second-order valence-electron chi connectivity index (χ2n) is 10.5. The minimum Gasteiger partial charge on any atom is -0.491 e. The Hall–Kier alpha value is -2.69. The van der Waals surface area contributed by atoms with Gasteiger partial charge in [-0.15, -0.1) is 0 Å². The lowest BCUT2D eigenvalue weighted by atomic mass is 10.0. The third-order valence-corrected chi connectivity index (χ3v) is 7.44. The number of nitrogens with zero attached hydrogens (tertiary/aromatic N) is 3. The number of nitrogens with one attached hydrogen (secondary N) is 1. The molecule has 0 aromatic heterocycles. The van der Waals surface area contributed by atoms with Crippen molar-refractivity contribution in [1.29, 1.82) is 0 Å². The molecule has 10 nitrogen and oxygen atoms in total. The first-order chi connectivity index (χ1) is 17.8. The van der Waals surface area contributed by atoms with Gasteiger partial charge in [0.2, 0.25) is 11.8 Å². The van der Waals surface area contributed by atoms with Crippen LogP contribution in [0.25, 0.3) is 0 Å². The van der Waals surface area contributed by atoms with Crippen LogP contribution in [-0.4, -0.2) is 111 Å². The van der Waals surface area contributed by atoms with Gasteiger partial charge in [0, 0.05) is 57.9 Å². The summed E-state index contributed by atoms with van der Waals surface area (Å²) in [4.78, 5) is 44.8. The molecule has 3 amide bonds. The average molecular weight is 517 g/mol. The topological polar surface area (TPSA) is 101 Å². The van der Waals surface area contributed by atoms with Crippen molar-refractivity contribution < 1.29 is 28.6 Å². The van der Waals surface area contributed by atoms with E-state index in [1.54, 1.807) is 37.3 Å². The second kappa shape index (κ2) is 12.2. The highest BCUT2D eigenvalue weighted by Crippen LogP contribution is 2.31. The standard InChI is InChI=1S/C27H40N4O6/c1-18-14-31(25(32)16-30-9-11-36-12-10-30)19(2)17-37-23-8-7-21(28-26(33)20-5-6-20)13-22(23)27(34)29(3)15-24(18)35-4/h7-8,13,18-20,24H,5-6,9-12,14-17H2,1-4H3,(H,28,33)/t18-,19-,24+/m1/s1. The highest BCUT2D eigenvalue weighted by Gasteiger charge is 2.32. The van der Waals surface area contributed by atoms with Gasteiger partial charge in [0.25, 0.3) is 5.91 Å². The Labute approximate surface area is 219 Å². The van der Waals surface area contributed by atoms with Crippen molar-refractivity contribution >= 4 is 23.4 Å². The molecule has 2 fully saturated rings. The lowest BCUT2D eigenvalue weighted by Gasteiger charge is -2.37. The van der Waals surface area contributed by atoms with E-state index < -0.39 is 0 Å². The SMILES string of the molecule is CO[C@H]1CN(C)C(=O)c2cc(NC(=O)C3CC3)ccc2OC[C@@H](C)N(C(=O)CN2CCOCC2)C[C@H]1C. The van der Waals surface area contributed by atoms with Crippen LogP contribution in [-0.2, 0) is 19.1 Å². The van der Waals surface area contributed by atoms with Gasteiger partial charge >= 0.3 is 0 Å². The minimum atomic E-state index is -0.263. The molecule has 4 rings (SSSR count). The minimum absolute atomic E-state index is 0.0144. The van der Waals surface area contributed by atoms with Gasteiger partial charge < -0.3 is 29.3 Å². The lowest BCUT2D eigenvalue weighted by molar-refractivity contribution is -0.137. The molecule has 0 spiro atoms. The smallest absolute Gasteiger partial charge is 0.257 e. The number of hydrogen-bond donors (Lipinski definition) is 1. The van der Waals surface area contributed by atoms with E-state index in [-0.39, 0.29) is 48.3 Å². The van der Waals surface area contributed by atoms with Crippen LogP contribution in [0.5, 0.6) is 5.75 Å². The van der Waals surface area contributed by atoms with Gasteiger partial charge in [0.15, 0.2) is 0 Å². The molecule has 0 bridgehead atoms. The van der Waals surface area contributed by atoms with Gasteiger partial charge in [0.05, 0.1) is 37.5 Å². The van der Waals surface area contributed by atoms with E-state index in [1.165, 1.54) is 0 Å². The first kappa shape index (κ1) is 27.3. The maximum Gasteiger partial charge on any atom is 0.257 e. The Bertz CT molecular complexity index is 978. The highest BCUT2D eigenvalue weighted by atomic mass is 16.5. The Morgan fingerprint density at radius 3 is 2.54 bits per heavy atom. The van der Waals surface area contributed by atoms with Crippen molar-refractivity contribution in [3.63, 3.8) is 0 Å². The molecular formula is C27H40N4O6. The normalized spacial score (nSPS) is 25.9. The van der Waals surface area contributed by atoms with Crippen LogP contribution in [0.15, 0.2) is 18.2 Å². The number of methoxy groups -OCH3 is 1. The summed E-state index contributed by atoms with van der Waals surface area (Å²) < 4.78 is 17.4. The molecule has 1 saturated heterocycles. The Morgan fingerprint density at radius 1 is 1.14 bits per heavy atom. The van der Waals surface area contributed by atoms with Gasteiger partial charge in [-0.2, -0.15) is 0 Å². The summed E-state index contributed by atoms with van der Waals surface area (Å²) in [7, 11) is 3.37. The number of carbonyl (C=O) groups is 3. The molecule has 0 unspecified atom stereocenters. The van der Waals surface area contributed by atoms with E-state index >= 15 is 0 Å². The number of hydrogen-bond acceptors (Lipinski definition) is 7. The quantitative estimate of drug-likeness (QED) is 0.636. The van der Waals surface area contributed by atoms with Gasteiger partial charge in [-0.3, -0.25) is 19.3 Å². The van der Waals surface area contributed by atoms with Crippen LogP contribution < -0.4 is 10.1 Å². The number of ether oxygens (including phenoxy) is 3. The molecule has 1 saturated carbocycles. The van der Waals surface area contributed by atoms with E-state index in [2.05, 4.69) is 10.2 Å². The van der Waals surface area contributed by atoms with Crippen LogP contribution >= 0.6 is 0 Å². The number of likely N-dealkylation sites (N-methyl/N-ethyl adjacent to an activating group) is 1. The van der Waals surface area contributed by atoms with Gasteiger partial charge in [0.1, 0.15) is 12.4 Å². The highest BCUT2D eigenvalue weighted by molar-refractivity contribution is 6.00. The monoisotopic (exact) mass is 516 g/mol. The van der Waals surface area contributed by atoms with Gasteiger partial charge in [-0.05, 0) is 38.0 Å². The largest absolute Gasteiger partial charge is 0.491 e. The summed E-state index contributed by atoms with van der Waals surface area (Å²) in [5.74, 6) is 0.281. The molecule has 3 atom stereocenters. The van der Waals surface area contributed by atoms with Crippen LogP contribution in [0.4, 0.5) is 5.69 Å². The third kappa shape index (κ3) is 7.00. The van der Waals surface area contributed by atoms with Crippen molar-refractivity contribution in [3.8, 4) is 5.75 Å². The van der Waals surface area contributed by atoms with E-state index in [4.69, 9.17) is 14.2 Å². The van der Waals surface area contributed by atoms with Crippen molar-refractivity contribution in [1.82, 2.24) is 14.7 Å². The van der Waals surface area contributed by atoms with Gasteiger partial charge in [-0.1, -0.05) is 6.92 Å². The van der Waals surface area contributed by atoms with E-state index in [0.717, 1.165) is 25.9 Å². The Balaban J connectivity index is 1.58. The summed E-state index contributed by atoms with van der Waals surface area (Å²) in [5, 5.41) is 2.92. The maximum absolute atomic E-state index is 13.5. The first-order valence-corrected chi connectivity index (χ1v) is 13.2. The third-order valence-electron chi connectivity index (χ3n) is 7.44. The molecule has 10 heteroatoms. The molecule has 1 N–H and O–H groups in total. The molecule has 3 aliphatic rings.